The molecule has 0 radical (unpaired) electrons. The van der Waals surface area contributed by atoms with Crippen LogP contribution >= 0.6 is 0 Å². The molecule has 92 valence electrons. The number of aryl methyl sites for hydroxylation is 1. The van der Waals surface area contributed by atoms with Crippen molar-refractivity contribution in [2.24, 2.45) is 5.73 Å². The number of nitrogens with zero attached hydrogens (tertiary/aromatic N) is 2. The van der Waals surface area contributed by atoms with E-state index in [2.05, 4.69) is 4.98 Å². The Morgan fingerprint density at radius 3 is 2.76 bits per heavy atom. The Morgan fingerprint density at radius 2 is 2.18 bits per heavy atom. The van der Waals surface area contributed by atoms with Crippen LogP contribution in [0.3, 0.4) is 0 Å². The largest absolute Gasteiger partial charge is 0.326 e. The molecule has 0 aliphatic heterocycles. The summed E-state index contributed by atoms with van der Waals surface area (Å²) in [6, 6.07) is 5.44. The van der Waals surface area contributed by atoms with Gasteiger partial charge < -0.3 is 10.3 Å². The summed E-state index contributed by atoms with van der Waals surface area (Å²) in [5.74, 6) is -0.156. The normalized spacial score (nSPS) is 11.6. The van der Waals surface area contributed by atoms with E-state index in [0.29, 0.717) is 18.6 Å². The maximum atomic E-state index is 12.9. The number of alkyl halides is 2. The maximum Gasteiger partial charge on any atom is 0.295 e. The van der Waals surface area contributed by atoms with Crippen molar-refractivity contribution < 1.29 is 8.78 Å². The molecule has 1 heterocycles. The SMILES string of the molecule is CCCn1c(C(F)F)nc2cc(CN)ccc21. The summed E-state index contributed by atoms with van der Waals surface area (Å²) in [5, 5.41) is 0. The summed E-state index contributed by atoms with van der Waals surface area (Å²) in [7, 11) is 0. The lowest BCUT2D eigenvalue weighted by atomic mass is 10.2. The molecule has 2 N–H and O–H groups in total. The third-order valence-electron chi connectivity index (χ3n) is 2.72. The number of rotatable bonds is 4. The molecule has 5 heteroatoms. The molecule has 0 bridgehead atoms. The topological polar surface area (TPSA) is 43.8 Å². The van der Waals surface area contributed by atoms with Crippen molar-refractivity contribution in [2.75, 3.05) is 0 Å². The maximum absolute atomic E-state index is 12.9. The van der Waals surface area contributed by atoms with Crippen LogP contribution < -0.4 is 5.73 Å². The molecule has 0 fully saturated rings. The first-order chi connectivity index (χ1) is 8.17. The summed E-state index contributed by atoms with van der Waals surface area (Å²) in [6.07, 6.45) is -1.75. The van der Waals surface area contributed by atoms with Crippen LogP contribution in [0.15, 0.2) is 18.2 Å². The van der Waals surface area contributed by atoms with Crippen LogP contribution in [0, 0.1) is 0 Å². The summed E-state index contributed by atoms with van der Waals surface area (Å²) < 4.78 is 27.3. The first-order valence-corrected chi connectivity index (χ1v) is 5.64. The monoisotopic (exact) mass is 239 g/mol. The Bertz CT molecular complexity index is 520. The van der Waals surface area contributed by atoms with Crippen LogP contribution in [-0.2, 0) is 13.1 Å². The first kappa shape index (κ1) is 12.0. The van der Waals surface area contributed by atoms with E-state index in [9.17, 15) is 8.78 Å². The lowest BCUT2D eigenvalue weighted by Crippen LogP contribution is -2.03. The van der Waals surface area contributed by atoms with Gasteiger partial charge in [0.2, 0.25) is 0 Å². The number of fused-ring (bicyclic) bond motifs is 1. The molecule has 3 nitrogen and oxygen atoms in total. The Morgan fingerprint density at radius 1 is 1.41 bits per heavy atom. The minimum absolute atomic E-state index is 0.156. The fourth-order valence-corrected chi connectivity index (χ4v) is 1.95. The van der Waals surface area contributed by atoms with Crippen LogP contribution in [0.25, 0.3) is 11.0 Å². The predicted octanol–water partition coefficient (Wildman–Crippen LogP) is 2.84. The third-order valence-corrected chi connectivity index (χ3v) is 2.72. The molecule has 0 aliphatic carbocycles. The number of hydrogen-bond donors (Lipinski definition) is 1. The van der Waals surface area contributed by atoms with Crippen molar-refractivity contribution in [2.45, 2.75) is 32.9 Å². The fourth-order valence-electron chi connectivity index (χ4n) is 1.95. The van der Waals surface area contributed by atoms with Gasteiger partial charge in [-0.1, -0.05) is 13.0 Å². The summed E-state index contributed by atoms with van der Waals surface area (Å²) in [6.45, 7) is 2.90. The minimum Gasteiger partial charge on any atom is -0.326 e. The van der Waals surface area contributed by atoms with E-state index in [4.69, 9.17) is 5.73 Å². The molecular formula is C12H15F2N3. The Labute approximate surface area is 98.2 Å². The van der Waals surface area contributed by atoms with Crippen LogP contribution in [0.2, 0.25) is 0 Å². The van der Waals surface area contributed by atoms with Gasteiger partial charge in [-0.15, -0.1) is 0 Å². The standard InChI is InChI=1S/C12H15F2N3/c1-2-5-17-10-4-3-8(7-15)6-9(10)16-12(17)11(13)14/h3-4,6,11H,2,5,7,15H2,1H3. The zero-order valence-electron chi connectivity index (χ0n) is 9.66. The van der Waals surface area contributed by atoms with Crippen molar-refractivity contribution in [3.8, 4) is 0 Å². The van der Waals surface area contributed by atoms with Gasteiger partial charge in [0.05, 0.1) is 11.0 Å². The molecule has 0 saturated heterocycles. The Hall–Kier alpha value is -1.49. The van der Waals surface area contributed by atoms with E-state index in [-0.39, 0.29) is 5.82 Å². The quantitative estimate of drug-likeness (QED) is 0.891. The van der Waals surface area contributed by atoms with Gasteiger partial charge in [0.25, 0.3) is 6.43 Å². The van der Waals surface area contributed by atoms with E-state index in [1.165, 1.54) is 0 Å². The van der Waals surface area contributed by atoms with Crippen LogP contribution in [0.4, 0.5) is 8.78 Å². The third kappa shape index (κ3) is 2.15. The second-order valence-corrected chi connectivity index (χ2v) is 3.95. The molecule has 0 aliphatic rings. The van der Waals surface area contributed by atoms with Gasteiger partial charge in [0.15, 0.2) is 5.82 Å². The number of benzene rings is 1. The minimum atomic E-state index is -2.55. The highest BCUT2D eigenvalue weighted by atomic mass is 19.3. The van der Waals surface area contributed by atoms with Gasteiger partial charge in [-0.2, -0.15) is 0 Å². The number of aromatic nitrogens is 2. The smallest absolute Gasteiger partial charge is 0.295 e. The van der Waals surface area contributed by atoms with Gasteiger partial charge in [-0.3, -0.25) is 0 Å². The van der Waals surface area contributed by atoms with Crippen molar-refractivity contribution in [1.82, 2.24) is 9.55 Å². The van der Waals surface area contributed by atoms with Crippen LogP contribution in [0.1, 0.15) is 31.2 Å². The van der Waals surface area contributed by atoms with E-state index in [1.54, 1.807) is 10.6 Å². The lowest BCUT2D eigenvalue weighted by Gasteiger charge is -2.06. The molecule has 2 rings (SSSR count). The highest BCUT2D eigenvalue weighted by Gasteiger charge is 2.18. The first-order valence-electron chi connectivity index (χ1n) is 5.64. The van der Waals surface area contributed by atoms with Crippen molar-refractivity contribution in [1.29, 1.82) is 0 Å². The molecule has 0 amide bonds. The van der Waals surface area contributed by atoms with Gasteiger partial charge >= 0.3 is 0 Å². The molecule has 1 aromatic heterocycles. The Balaban J connectivity index is 2.61. The van der Waals surface area contributed by atoms with Crippen molar-refractivity contribution in [3.05, 3.63) is 29.6 Å². The zero-order chi connectivity index (χ0) is 12.4. The Kier molecular flexibility index (Phi) is 3.38. The van der Waals surface area contributed by atoms with E-state index < -0.39 is 6.43 Å². The molecule has 2 aromatic rings. The van der Waals surface area contributed by atoms with Crippen molar-refractivity contribution >= 4 is 11.0 Å². The molecule has 17 heavy (non-hydrogen) atoms. The molecular weight excluding hydrogens is 224 g/mol. The predicted molar refractivity (Wildman–Crippen MR) is 62.9 cm³/mol. The average Bonchev–Trinajstić information content (AvgIpc) is 2.68. The summed E-state index contributed by atoms with van der Waals surface area (Å²) in [5.41, 5.74) is 7.77. The van der Waals surface area contributed by atoms with Gasteiger partial charge in [0, 0.05) is 13.1 Å². The van der Waals surface area contributed by atoms with Gasteiger partial charge in [0.1, 0.15) is 0 Å². The number of imidazole rings is 1. The number of nitrogens with two attached hydrogens (primary N) is 1. The lowest BCUT2D eigenvalue weighted by molar-refractivity contribution is 0.136. The molecule has 0 unspecified atom stereocenters. The second-order valence-electron chi connectivity index (χ2n) is 3.95. The van der Waals surface area contributed by atoms with Gasteiger partial charge in [-0.05, 0) is 24.1 Å². The summed E-state index contributed by atoms with van der Waals surface area (Å²) in [4.78, 5) is 4.00. The van der Waals surface area contributed by atoms with Crippen molar-refractivity contribution in [3.63, 3.8) is 0 Å². The molecule has 1 aromatic carbocycles. The number of halogens is 2. The van der Waals surface area contributed by atoms with E-state index in [1.807, 2.05) is 19.1 Å². The highest BCUT2D eigenvalue weighted by molar-refractivity contribution is 5.77. The average molecular weight is 239 g/mol. The second kappa shape index (κ2) is 4.79. The van der Waals surface area contributed by atoms with E-state index in [0.717, 1.165) is 17.5 Å². The molecule has 0 saturated carbocycles. The molecule has 0 spiro atoms. The molecule has 0 atom stereocenters. The van der Waals surface area contributed by atoms with Gasteiger partial charge in [-0.25, -0.2) is 13.8 Å². The van der Waals surface area contributed by atoms with Crippen LogP contribution in [-0.4, -0.2) is 9.55 Å². The zero-order valence-corrected chi connectivity index (χ0v) is 9.66. The fraction of sp³-hybridized carbons (Fsp3) is 0.417. The highest BCUT2D eigenvalue weighted by Crippen LogP contribution is 2.25. The van der Waals surface area contributed by atoms with Crippen LogP contribution in [0.5, 0.6) is 0 Å². The van der Waals surface area contributed by atoms with E-state index >= 15 is 0 Å². The summed E-state index contributed by atoms with van der Waals surface area (Å²) >= 11 is 0. The number of hydrogen-bond acceptors (Lipinski definition) is 2.